The van der Waals surface area contributed by atoms with Crippen LogP contribution in [0, 0.1) is 6.92 Å². The smallest absolute Gasteiger partial charge is 0.344 e. The van der Waals surface area contributed by atoms with Crippen molar-refractivity contribution in [2.45, 2.75) is 33.3 Å². The van der Waals surface area contributed by atoms with E-state index >= 15 is 0 Å². The molecule has 0 fully saturated rings. The first kappa shape index (κ1) is 15.4. The van der Waals surface area contributed by atoms with Crippen molar-refractivity contribution in [1.29, 1.82) is 0 Å². The average Bonchev–Trinajstić information content (AvgIpc) is 3.11. The molecule has 120 valence electrons. The van der Waals surface area contributed by atoms with Gasteiger partial charge in [-0.3, -0.25) is 9.20 Å². The van der Waals surface area contributed by atoms with E-state index in [0.29, 0.717) is 27.7 Å². The van der Waals surface area contributed by atoms with Gasteiger partial charge in [-0.25, -0.2) is 9.78 Å². The van der Waals surface area contributed by atoms with Gasteiger partial charge in [-0.05, 0) is 6.92 Å². The fourth-order valence-electron chi connectivity index (χ4n) is 2.20. The Morgan fingerprint density at radius 3 is 3.00 bits per heavy atom. The summed E-state index contributed by atoms with van der Waals surface area (Å²) >= 11 is 1.34. The van der Waals surface area contributed by atoms with Crippen molar-refractivity contribution >= 4 is 22.3 Å². The summed E-state index contributed by atoms with van der Waals surface area (Å²) in [6.45, 7) is 5.42. The molecule has 7 nitrogen and oxygen atoms in total. The molecule has 0 aliphatic heterocycles. The maximum absolute atomic E-state index is 12.3. The van der Waals surface area contributed by atoms with E-state index < -0.39 is 5.97 Å². The number of thiazole rings is 1. The van der Waals surface area contributed by atoms with E-state index in [2.05, 4.69) is 10.1 Å². The molecule has 0 N–H and O–H groups in total. The van der Waals surface area contributed by atoms with Crippen molar-refractivity contribution in [1.82, 2.24) is 14.5 Å². The minimum absolute atomic E-state index is 0.0176. The molecule has 0 saturated heterocycles. The summed E-state index contributed by atoms with van der Waals surface area (Å²) in [5.74, 6) is -0.0149. The number of hydrogen-bond donors (Lipinski definition) is 0. The van der Waals surface area contributed by atoms with Gasteiger partial charge in [0.25, 0.3) is 5.56 Å². The van der Waals surface area contributed by atoms with Crippen LogP contribution in [0.1, 0.15) is 47.3 Å². The second kappa shape index (κ2) is 5.96. The summed E-state index contributed by atoms with van der Waals surface area (Å²) in [4.78, 5) is 29.0. The van der Waals surface area contributed by atoms with Gasteiger partial charge in [0, 0.05) is 23.6 Å². The van der Waals surface area contributed by atoms with Crippen LogP contribution in [0.4, 0.5) is 0 Å². The summed E-state index contributed by atoms with van der Waals surface area (Å²) in [6.07, 6.45) is 1.65. The van der Waals surface area contributed by atoms with Gasteiger partial charge in [-0.1, -0.05) is 19.0 Å². The van der Waals surface area contributed by atoms with Crippen LogP contribution in [0.2, 0.25) is 0 Å². The molecule has 0 atom stereocenters. The fourth-order valence-corrected chi connectivity index (χ4v) is 2.94. The molecule has 0 spiro atoms. The molecule has 0 saturated carbocycles. The Hall–Kier alpha value is -2.48. The monoisotopic (exact) mass is 333 g/mol. The van der Waals surface area contributed by atoms with Crippen molar-refractivity contribution in [3.05, 3.63) is 50.7 Å². The molecule has 3 rings (SSSR count). The first-order chi connectivity index (χ1) is 11.0. The van der Waals surface area contributed by atoms with Crippen molar-refractivity contribution in [3.8, 4) is 0 Å². The largest absolute Gasteiger partial charge is 0.455 e. The number of hydrogen-bond acceptors (Lipinski definition) is 7. The maximum Gasteiger partial charge on any atom is 0.344 e. The third kappa shape index (κ3) is 2.89. The lowest BCUT2D eigenvalue weighted by Gasteiger charge is -2.06. The van der Waals surface area contributed by atoms with E-state index in [1.165, 1.54) is 21.8 Å². The third-order valence-corrected chi connectivity index (χ3v) is 4.08. The number of carbonyl (C=O) groups is 1. The molecule has 23 heavy (non-hydrogen) atoms. The Kier molecular flexibility index (Phi) is 3.99. The van der Waals surface area contributed by atoms with Crippen molar-refractivity contribution in [2.24, 2.45) is 0 Å². The highest BCUT2D eigenvalue weighted by atomic mass is 32.1. The lowest BCUT2D eigenvalue weighted by Crippen LogP contribution is -2.15. The predicted octanol–water partition coefficient (Wildman–Crippen LogP) is 2.53. The van der Waals surface area contributed by atoms with Crippen LogP contribution in [-0.4, -0.2) is 20.5 Å². The van der Waals surface area contributed by atoms with Gasteiger partial charge in [0.15, 0.2) is 10.7 Å². The lowest BCUT2D eigenvalue weighted by atomic mass is 10.1. The maximum atomic E-state index is 12.3. The van der Waals surface area contributed by atoms with Crippen LogP contribution in [0.15, 0.2) is 27.0 Å². The minimum atomic E-state index is -0.527. The van der Waals surface area contributed by atoms with E-state index in [4.69, 9.17) is 9.26 Å². The number of esters is 1. The summed E-state index contributed by atoms with van der Waals surface area (Å²) in [5, 5.41) is 5.59. The Morgan fingerprint density at radius 2 is 2.26 bits per heavy atom. The van der Waals surface area contributed by atoms with Crippen molar-refractivity contribution < 1.29 is 14.1 Å². The molecule has 0 amide bonds. The van der Waals surface area contributed by atoms with Gasteiger partial charge in [-0.2, -0.15) is 0 Å². The number of carbonyl (C=O) groups excluding carboxylic acids is 1. The number of ether oxygens (including phenoxy) is 1. The molecule has 8 heteroatoms. The number of nitrogens with zero attached hydrogens (tertiary/aromatic N) is 3. The topological polar surface area (TPSA) is 86.7 Å². The van der Waals surface area contributed by atoms with Gasteiger partial charge < -0.3 is 9.26 Å². The Morgan fingerprint density at radius 1 is 1.48 bits per heavy atom. The minimum Gasteiger partial charge on any atom is -0.455 e. The van der Waals surface area contributed by atoms with Gasteiger partial charge in [0.05, 0.1) is 11.4 Å². The molecular formula is C15H15N3O4S. The Balaban J connectivity index is 1.81. The van der Waals surface area contributed by atoms with Crippen LogP contribution >= 0.6 is 11.3 Å². The summed E-state index contributed by atoms with van der Waals surface area (Å²) in [6, 6.07) is 1.36. The zero-order valence-corrected chi connectivity index (χ0v) is 13.7. The second-order valence-corrected chi connectivity index (χ2v) is 6.25. The zero-order chi connectivity index (χ0) is 16.6. The number of fused-ring (bicyclic) bond motifs is 1. The summed E-state index contributed by atoms with van der Waals surface area (Å²) in [5.41, 5.74) is 1.03. The Labute approximate surface area is 135 Å². The highest BCUT2D eigenvalue weighted by molar-refractivity contribution is 7.15. The van der Waals surface area contributed by atoms with E-state index in [9.17, 15) is 9.59 Å². The van der Waals surface area contributed by atoms with E-state index in [1.54, 1.807) is 18.5 Å². The molecule has 3 aromatic rings. The molecule has 0 radical (unpaired) electrons. The molecule has 0 unspecified atom stereocenters. The van der Waals surface area contributed by atoms with E-state index in [1.807, 2.05) is 13.8 Å². The van der Waals surface area contributed by atoms with Gasteiger partial charge in [0.2, 0.25) is 0 Å². The fraction of sp³-hybridized carbons (Fsp3) is 0.333. The van der Waals surface area contributed by atoms with Gasteiger partial charge in [0.1, 0.15) is 12.2 Å². The SMILES string of the molecule is Cc1noc(C(C)C)c1C(=O)OCc1cc(=O)n2ccsc2n1. The molecule has 0 bridgehead atoms. The van der Waals surface area contributed by atoms with E-state index in [0.717, 1.165) is 0 Å². The Bertz CT molecular complexity index is 922. The highest BCUT2D eigenvalue weighted by Crippen LogP contribution is 2.23. The standard InChI is InChI=1S/C15H15N3O4S/c1-8(2)13-12(9(3)17-22-13)14(20)21-7-10-6-11(19)18-4-5-23-15(18)16-10/h4-6,8H,7H2,1-3H3. The number of aromatic nitrogens is 3. The predicted molar refractivity (Wildman–Crippen MR) is 83.8 cm³/mol. The first-order valence-corrected chi connectivity index (χ1v) is 7.94. The second-order valence-electron chi connectivity index (χ2n) is 5.38. The molecular weight excluding hydrogens is 318 g/mol. The summed E-state index contributed by atoms with van der Waals surface area (Å²) < 4.78 is 11.9. The molecule has 0 aliphatic rings. The number of aryl methyl sites for hydroxylation is 1. The van der Waals surface area contributed by atoms with E-state index in [-0.39, 0.29) is 18.1 Å². The third-order valence-electron chi connectivity index (χ3n) is 3.33. The van der Waals surface area contributed by atoms with Crippen molar-refractivity contribution in [2.75, 3.05) is 0 Å². The van der Waals surface area contributed by atoms with Crippen LogP contribution in [-0.2, 0) is 11.3 Å². The van der Waals surface area contributed by atoms with Crippen LogP contribution in [0.3, 0.4) is 0 Å². The summed E-state index contributed by atoms with van der Waals surface area (Å²) in [7, 11) is 0. The van der Waals surface area contributed by atoms with Crippen LogP contribution < -0.4 is 5.56 Å². The van der Waals surface area contributed by atoms with Crippen LogP contribution in [0.5, 0.6) is 0 Å². The van der Waals surface area contributed by atoms with Gasteiger partial charge >= 0.3 is 5.97 Å². The quantitative estimate of drug-likeness (QED) is 0.682. The zero-order valence-electron chi connectivity index (χ0n) is 12.9. The van der Waals surface area contributed by atoms with Gasteiger partial charge in [-0.15, -0.1) is 11.3 Å². The number of rotatable bonds is 4. The molecule has 0 aromatic carbocycles. The first-order valence-electron chi connectivity index (χ1n) is 7.06. The highest BCUT2D eigenvalue weighted by Gasteiger charge is 2.24. The average molecular weight is 333 g/mol. The molecule has 0 aliphatic carbocycles. The van der Waals surface area contributed by atoms with Crippen LogP contribution in [0.25, 0.3) is 4.96 Å². The van der Waals surface area contributed by atoms with Crippen molar-refractivity contribution in [3.63, 3.8) is 0 Å². The molecule has 3 heterocycles. The lowest BCUT2D eigenvalue weighted by molar-refractivity contribution is 0.0464. The molecule has 3 aromatic heterocycles. The normalized spacial score (nSPS) is 11.3.